The summed E-state index contributed by atoms with van der Waals surface area (Å²) in [6.07, 6.45) is 0.181. The minimum Gasteiger partial charge on any atom is -0.668 e. The van der Waals surface area contributed by atoms with Crippen molar-refractivity contribution in [3.63, 3.8) is 0 Å². The molecule has 0 aliphatic carbocycles. The topological polar surface area (TPSA) is 269 Å². The average Bonchev–Trinajstić information content (AvgIpc) is 3.09. The van der Waals surface area contributed by atoms with Crippen molar-refractivity contribution in [3.8, 4) is 0 Å². The van der Waals surface area contributed by atoms with E-state index in [2.05, 4.69) is 14.5 Å². The number of aromatic nitrogens is 3. The molecule has 0 aliphatic heterocycles. The molecule has 2 rings (SSSR count). The Bertz CT molecular complexity index is 1050. The number of carboxylic acid groups (broad SMARTS) is 4. The number of hydrogen-bond donors (Lipinski definition) is 7. The van der Waals surface area contributed by atoms with Crippen LogP contribution in [0.4, 0.5) is 5.82 Å². The Kier molecular flexibility index (Phi) is 19.6. The quantitative estimate of drug-likeness (QED) is 0.139. The zero-order valence-corrected chi connectivity index (χ0v) is 21.6. The molecule has 0 spiro atoms. The number of nitrogen functional groups attached to an aromatic ring is 1. The Morgan fingerprint density at radius 1 is 1.08 bits per heavy atom. The summed E-state index contributed by atoms with van der Waals surface area (Å²) >= 11 is 1.65. The number of anilines is 1. The number of rotatable bonds is 10. The first kappa shape index (κ1) is 39.3. The Morgan fingerprint density at radius 2 is 1.58 bits per heavy atom. The summed E-state index contributed by atoms with van der Waals surface area (Å²) in [5.74, 6) is -4.88. The summed E-state index contributed by atoms with van der Waals surface area (Å²) in [5, 5.41) is 50.3. The van der Waals surface area contributed by atoms with Crippen molar-refractivity contribution in [2.45, 2.75) is 52.7 Å². The van der Waals surface area contributed by atoms with E-state index in [9.17, 15) is 19.2 Å². The molecular weight excluding hydrogens is 578 g/mol. The predicted octanol–water partition coefficient (Wildman–Crippen LogP) is 0.116. The molecule has 15 nitrogen and oxygen atoms in total. The fraction of sp³-hybridized carbons (Fsp3) is 0.476. The second-order valence-electron chi connectivity index (χ2n) is 7.21. The van der Waals surface area contributed by atoms with Crippen molar-refractivity contribution in [2.24, 2.45) is 0 Å². The number of thiazole rings is 1. The molecule has 9 N–H and O–H groups in total. The molecule has 218 valence electrons. The molecule has 0 saturated carbocycles. The molecule has 0 unspecified atom stereocenters. The number of nitrogens with one attached hydrogen (secondary N) is 1. The van der Waals surface area contributed by atoms with E-state index in [4.69, 9.17) is 42.1 Å². The number of aliphatic hydroxyl groups is 2. The van der Waals surface area contributed by atoms with Crippen molar-refractivity contribution in [2.75, 3.05) is 18.9 Å². The molecule has 38 heavy (non-hydrogen) atoms. The normalized spacial score (nSPS) is 9.82. The van der Waals surface area contributed by atoms with E-state index in [1.807, 2.05) is 19.4 Å². The largest absolute Gasteiger partial charge is 1.00 e. The van der Waals surface area contributed by atoms with Crippen LogP contribution in [0.2, 0.25) is 0 Å². The maximum atomic E-state index is 10.3. The number of aliphatic hydroxyl groups excluding tert-OH is 1. The van der Waals surface area contributed by atoms with Crippen LogP contribution in [0.5, 0.6) is 0 Å². The zero-order chi connectivity index (χ0) is 28.1. The van der Waals surface area contributed by atoms with Crippen molar-refractivity contribution in [3.05, 3.63) is 39.4 Å². The van der Waals surface area contributed by atoms with Crippen LogP contribution in [0.15, 0.2) is 11.7 Å². The third kappa shape index (κ3) is 14.5. The number of carbonyl (C=O) groups is 4. The van der Waals surface area contributed by atoms with Gasteiger partial charge in [-0.2, -0.15) is 4.57 Å². The smallest absolute Gasteiger partial charge is 0.668 e. The second kappa shape index (κ2) is 18.9. The first-order valence-electron chi connectivity index (χ1n) is 10.1. The van der Waals surface area contributed by atoms with Crippen molar-refractivity contribution < 1.29 is 71.5 Å². The van der Waals surface area contributed by atoms with Gasteiger partial charge in [0, 0.05) is 26.1 Å². The molecule has 0 atom stereocenters. The predicted molar refractivity (Wildman–Crippen MR) is 131 cm³/mol. The minimum atomic E-state index is -2.74. The first-order valence-corrected chi connectivity index (χ1v) is 11.0. The van der Waals surface area contributed by atoms with Crippen LogP contribution in [-0.4, -0.2) is 83.2 Å². The fourth-order valence-electron chi connectivity index (χ4n) is 2.48. The van der Waals surface area contributed by atoms with E-state index < -0.39 is 48.9 Å². The molecule has 0 aromatic carbocycles. The second-order valence-corrected chi connectivity index (χ2v) is 8.15. The maximum Gasteiger partial charge on any atom is 1.00 e. The van der Waals surface area contributed by atoms with Gasteiger partial charge in [-0.3, -0.25) is 14.4 Å². The Balaban J connectivity index is -0.000000543. The Morgan fingerprint density at radius 3 is 1.95 bits per heavy atom. The number of aliphatic carboxylic acids is 4. The van der Waals surface area contributed by atoms with Crippen LogP contribution >= 0.6 is 11.3 Å². The van der Waals surface area contributed by atoms with Crippen molar-refractivity contribution >= 4 is 41.0 Å². The summed E-state index contributed by atoms with van der Waals surface area (Å²) in [6.45, 7) is 4.19. The molecule has 0 bridgehead atoms. The molecule has 2 heterocycles. The van der Waals surface area contributed by atoms with Gasteiger partial charge in [0.1, 0.15) is 11.6 Å². The number of hydrogen-bond acceptors (Lipinski definition) is 10. The SMILES string of the molecule is C.Cc1ncc(C[n+]2csc(CCO)c2C)c(N)n1.O=C(O)CC(O)(CC(=O)O)C(=O)O.[Cu+].[NH-]CC(=O)O. The maximum absolute atomic E-state index is 10.3. The molecule has 0 radical (unpaired) electrons. The van der Waals surface area contributed by atoms with Crippen LogP contribution in [0.25, 0.3) is 5.73 Å². The van der Waals surface area contributed by atoms with Crippen LogP contribution in [-0.2, 0) is 49.2 Å². The van der Waals surface area contributed by atoms with Gasteiger partial charge in [-0.15, -0.1) is 0 Å². The molecule has 17 heteroatoms. The third-order valence-electron chi connectivity index (χ3n) is 4.29. The van der Waals surface area contributed by atoms with Gasteiger partial charge in [0.2, 0.25) is 5.51 Å². The molecule has 2 aromatic rings. The zero-order valence-electron chi connectivity index (χ0n) is 19.8. The average molecular weight is 611 g/mol. The van der Waals surface area contributed by atoms with Gasteiger partial charge in [-0.25, -0.2) is 14.8 Å². The van der Waals surface area contributed by atoms with E-state index in [0.717, 1.165) is 11.3 Å². The number of aryl methyl sites for hydroxylation is 1. The summed E-state index contributed by atoms with van der Waals surface area (Å²) in [5.41, 5.74) is 13.3. The summed E-state index contributed by atoms with van der Waals surface area (Å²) in [6, 6.07) is 0. The van der Waals surface area contributed by atoms with Gasteiger partial charge in [-0.05, 0) is 6.92 Å². The fourth-order valence-corrected chi connectivity index (χ4v) is 3.46. The van der Waals surface area contributed by atoms with E-state index in [-0.39, 0.29) is 31.1 Å². The van der Waals surface area contributed by atoms with Gasteiger partial charge >= 0.3 is 35.0 Å². The summed E-state index contributed by atoms with van der Waals surface area (Å²) < 4.78 is 2.11. The third-order valence-corrected chi connectivity index (χ3v) is 5.44. The van der Waals surface area contributed by atoms with Crippen molar-refractivity contribution in [1.29, 1.82) is 0 Å². The summed E-state index contributed by atoms with van der Waals surface area (Å²) in [4.78, 5) is 49.2. The number of carboxylic acids is 4. The van der Waals surface area contributed by atoms with Crippen molar-refractivity contribution in [1.82, 2.24) is 9.97 Å². The Labute approximate surface area is 233 Å². The standard InChI is InChI=1S/C12H17N4OS.C6H8O7.C2H4NO2.CH4.Cu/c1-8-11(3-4-17)18-7-16(8)6-10-5-14-9(2)15-12(10)13;7-3(8)1-6(13,5(11)12)2-4(9)10;3-1-2(4)5;;/h5,7,17H,3-4,6H2,1-2H3,(H2,13,14,15);13H,1-2H2,(H,7,8)(H,9,10)(H,11,12);3H,1H2,(H,4,5);1H4;/q+1;;-1;;+1. The van der Waals surface area contributed by atoms with Crippen LogP contribution < -0.4 is 10.3 Å². The van der Waals surface area contributed by atoms with E-state index in [1.54, 1.807) is 17.5 Å². The van der Waals surface area contributed by atoms with Gasteiger partial charge in [0.25, 0.3) is 5.97 Å². The molecule has 0 saturated heterocycles. The summed E-state index contributed by atoms with van der Waals surface area (Å²) in [7, 11) is 0. The molecular formula is C21H33CuN5O10S+. The minimum absolute atomic E-state index is 0. The Hall–Kier alpha value is -3.21. The van der Waals surface area contributed by atoms with Crippen LogP contribution in [0, 0.1) is 13.8 Å². The molecule has 0 fully saturated rings. The van der Waals surface area contributed by atoms with Gasteiger partial charge < -0.3 is 42.1 Å². The first-order chi connectivity index (χ1) is 16.7. The number of nitrogens with zero attached hydrogens (tertiary/aromatic N) is 3. The molecule has 2 aromatic heterocycles. The van der Waals surface area contributed by atoms with Gasteiger partial charge in [0.15, 0.2) is 17.8 Å². The van der Waals surface area contributed by atoms with E-state index in [0.29, 0.717) is 24.6 Å². The van der Waals surface area contributed by atoms with Gasteiger partial charge in [-0.1, -0.05) is 25.3 Å². The monoisotopic (exact) mass is 610 g/mol. The molecule has 0 amide bonds. The van der Waals surface area contributed by atoms with Crippen LogP contribution in [0.3, 0.4) is 0 Å². The van der Waals surface area contributed by atoms with E-state index in [1.165, 1.54) is 4.88 Å². The number of nitrogens with two attached hydrogens (primary N) is 1. The van der Waals surface area contributed by atoms with Crippen LogP contribution in [0.1, 0.15) is 42.2 Å². The molecule has 0 aliphatic rings. The van der Waals surface area contributed by atoms with Gasteiger partial charge in [0.05, 0.1) is 23.3 Å². The van der Waals surface area contributed by atoms with E-state index >= 15 is 0 Å².